The maximum atomic E-state index is 13.2. The predicted molar refractivity (Wildman–Crippen MR) is 126 cm³/mol. The van der Waals surface area contributed by atoms with Gasteiger partial charge in [0.1, 0.15) is 9.93 Å². The molecule has 0 radical (unpaired) electrons. The van der Waals surface area contributed by atoms with Crippen LogP contribution in [-0.4, -0.2) is 29.1 Å². The summed E-state index contributed by atoms with van der Waals surface area (Å²) >= 11 is 15.5. The molecule has 0 aromatic heterocycles. The highest BCUT2D eigenvalue weighted by atomic mass is 35.5. The lowest BCUT2D eigenvalue weighted by atomic mass is 10.2. The van der Waals surface area contributed by atoms with Crippen molar-refractivity contribution in [3.63, 3.8) is 0 Å². The van der Waals surface area contributed by atoms with E-state index in [1.165, 1.54) is 11.8 Å². The van der Waals surface area contributed by atoms with Crippen molar-refractivity contribution in [2.24, 2.45) is 4.99 Å². The summed E-state index contributed by atoms with van der Waals surface area (Å²) < 4.78 is 0. The Labute approximate surface area is 189 Å². The van der Waals surface area contributed by atoms with Crippen molar-refractivity contribution >= 4 is 69.2 Å². The molecule has 1 amide bonds. The van der Waals surface area contributed by atoms with Crippen molar-refractivity contribution in [1.82, 2.24) is 4.90 Å². The smallest absolute Gasteiger partial charge is 0.269 e. The number of aryl methyl sites for hydroxylation is 1. The summed E-state index contributed by atoms with van der Waals surface area (Å²) in [6.07, 6.45) is 0. The highest BCUT2D eigenvalue weighted by Crippen LogP contribution is 2.51. The first-order valence-electron chi connectivity index (χ1n) is 9.26. The summed E-state index contributed by atoms with van der Waals surface area (Å²) in [5.41, 5.74) is 2.78. The molecule has 0 saturated carbocycles. The van der Waals surface area contributed by atoms with Gasteiger partial charge in [0, 0.05) is 28.0 Å². The molecule has 0 aliphatic carbocycles. The molecule has 0 unspecified atom stereocenters. The zero-order valence-electron chi connectivity index (χ0n) is 16.2. The third kappa shape index (κ3) is 3.79. The van der Waals surface area contributed by atoms with Gasteiger partial charge < -0.3 is 4.90 Å². The number of aliphatic imine (C=N–C) groups is 1. The molecular weight excluding hydrogens is 445 g/mol. The van der Waals surface area contributed by atoms with Crippen molar-refractivity contribution in [3.05, 3.63) is 61.9 Å². The Bertz CT molecular complexity index is 1070. The topological polar surface area (TPSA) is 35.9 Å². The van der Waals surface area contributed by atoms with Crippen LogP contribution in [0.25, 0.3) is 0 Å². The van der Waals surface area contributed by atoms with Gasteiger partial charge in [-0.15, -0.1) is 0 Å². The van der Waals surface area contributed by atoms with E-state index in [0.29, 0.717) is 26.7 Å². The van der Waals surface area contributed by atoms with E-state index in [4.69, 9.17) is 28.2 Å². The van der Waals surface area contributed by atoms with Crippen LogP contribution in [0.5, 0.6) is 0 Å². The van der Waals surface area contributed by atoms with E-state index >= 15 is 0 Å². The van der Waals surface area contributed by atoms with E-state index in [9.17, 15) is 4.79 Å². The fourth-order valence-electron chi connectivity index (χ4n) is 3.20. The largest absolute Gasteiger partial charge is 0.334 e. The maximum absolute atomic E-state index is 13.2. The van der Waals surface area contributed by atoms with Crippen molar-refractivity contribution in [3.8, 4) is 0 Å². The molecule has 2 aliphatic heterocycles. The van der Waals surface area contributed by atoms with E-state index in [1.807, 2.05) is 50.2 Å². The van der Waals surface area contributed by atoms with Crippen molar-refractivity contribution in [2.75, 3.05) is 18.0 Å². The highest BCUT2D eigenvalue weighted by Gasteiger charge is 2.39. The number of amidine groups is 1. The molecule has 8 heteroatoms. The minimum atomic E-state index is -0.0192. The summed E-state index contributed by atoms with van der Waals surface area (Å²) in [5.74, 6) is -0.0192. The third-order valence-corrected chi connectivity index (χ3v) is 7.75. The van der Waals surface area contributed by atoms with Gasteiger partial charge >= 0.3 is 0 Å². The van der Waals surface area contributed by atoms with E-state index in [1.54, 1.807) is 16.7 Å². The second-order valence-corrected chi connectivity index (χ2v) is 9.42. The predicted octanol–water partition coefficient (Wildman–Crippen LogP) is 6.69. The van der Waals surface area contributed by atoms with Crippen molar-refractivity contribution < 1.29 is 4.79 Å². The quantitative estimate of drug-likeness (QED) is 0.475. The number of thioether (sulfide) groups is 2. The van der Waals surface area contributed by atoms with Crippen LogP contribution in [0.2, 0.25) is 10.0 Å². The Hall–Kier alpha value is -1.60. The average molecular weight is 464 g/mol. The second kappa shape index (κ2) is 8.26. The summed E-state index contributed by atoms with van der Waals surface area (Å²) in [5, 5.41) is 2.96. The van der Waals surface area contributed by atoms with Crippen LogP contribution in [0.1, 0.15) is 19.4 Å². The summed E-state index contributed by atoms with van der Waals surface area (Å²) in [4.78, 5) is 23.6. The first-order chi connectivity index (χ1) is 13.9. The lowest BCUT2D eigenvalue weighted by Gasteiger charge is -2.19. The number of hydrogen-bond acceptors (Lipinski definition) is 5. The number of benzene rings is 2. The molecule has 4 nitrogen and oxygen atoms in total. The summed E-state index contributed by atoms with van der Waals surface area (Å²) in [6.45, 7) is 7.28. The van der Waals surface area contributed by atoms with Gasteiger partial charge in [0.05, 0.1) is 11.4 Å². The van der Waals surface area contributed by atoms with Crippen LogP contribution < -0.4 is 4.90 Å². The van der Waals surface area contributed by atoms with Crippen LogP contribution in [0.3, 0.4) is 0 Å². The molecule has 0 atom stereocenters. The minimum absolute atomic E-state index is 0.0192. The number of rotatable bonds is 3. The average Bonchev–Trinajstić information content (AvgIpc) is 3.21. The second-order valence-electron chi connectivity index (χ2n) is 6.57. The number of likely N-dealkylation sites (N-methyl/N-ethyl adjacent to an activating group) is 1. The minimum Gasteiger partial charge on any atom is -0.334 e. The number of halogens is 2. The first-order valence-corrected chi connectivity index (χ1v) is 11.7. The molecular formula is C21H19Cl2N3OS2. The SMILES string of the molecule is CCN1C(=O)C(=C2Sc3ccc(Cl)cc3N2CC)SC1=Nc1ccc(C)c(Cl)c1. The monoisotopic (exact) mass is 463 g/mol. The number of nitrogens with zero attached hydrogens (tertiary/aromatic N) is 3. The van der Waals surface area contributed by atoms with Gasteiger partial charge in [-0.2, -0.15) is 0 Å². The molecule has 0 N–H and O–H groups in total. The number of hydrogen-bond donors (Lipinski definition) is 0. The Morgan fingerprint density at radius 2 is 1.76 bits per heavy atom. The Kier molecular flexibility index (Phi) is 5.89. The van der Waals surface area contributed by atoms with Gasteiger partial charge in [0.2, 0.25) is 0 Å². The molecule has 2 aliphatic rings. The highest BCUT2D eigenvalue weighted by molar-refractivity contribution is 8.19. The molecule has 29 heavy (non-hydrogen) atoms. The van der Waals surface area contributed by atoms with E-state index in [0.717, 1.165) is 33.4 Å². The van der Waals surface area contributed by atoms with Crippen LogP contribution in [-0.2, 0) is 4.79 Å². The molecule has 1 saturated heterocycles. The van der Waals surface area contributed by atoms with E-state index in [-0.39, 0.29) is 5.91 Å². The Morgan fingerprint density at radius 3 is 2.45 bits per heavy atom. The zero-order valence-corrected chi connectivity index (χ0v) is 19.3. The lowest BCUT2D eigenvalue weighted by Crippen LogP contribution is -2.29. The molecule has 2 aromatic carbocycles. The molecule has 0 bridgehead atoms. The Balaban J connectivity index is 1.75. The third-order valence-electron chi connectivity index (χ3n) is 4.73. The Morgan fingerprint density at radius 1 is 1.00 bits per heavy atom. The molecule has 2 aromatic rings. The van der Waals surface area contributed by atoms with Gasteiger partial charge in [-0.3, -0.25) is 9.69 Å². The van der Waals surface area contributed by atoms with Gasteiger partial charge in [-0.1, -0.05) is 41.0 Å². The van der Waals surface area contributed by atoms with Gasteiger partial charge in [-0.25, -0.2) is 4.99 Å². The van der Waals surface area contributed by atoms with Gasteiger partial charge in [-0.05, 0) is 68.4 Å². The fourth-order valence-corrected chi connectivity index (χ4v) is 5.98. The zero-order chi connectivity index (χ0) is 20.7. The summed E-state index contributed by atoms with van der Waals surface area (Å²) in [6, 6.07) is 11.5. The standard InChI is InChI=1S/C21H19Cl2N3OS2/c1-4-25-16-10-13(22)7-9-17(16)28-20(25)18-19(27)26(5-2)21(29-18)24-14-8-6-12(3)15(23)11-14/h6-11H,4-5H2,1-3H3. The normalized spacial score (nSPS) is 20.2. The van der Waals surface area contributed by atoms with Crippen LogP contribution in [0.4, 0.5) is 11.4 Å². The van der Waals surface area contributed by atoms with Gasteiger partial charge in [0.25, 0.3) is 5.91 Å². The van der Waals surface area contributed by atoms with Crippen molar-refractivity contribution in [2.45, 2.75) is 25.7 Å². The van der Waals surface area contributed by atoms with E-state index < -0.39 is 0 Å². The number of carbonyl (C=O) groups excluding carboxylic acids is 1. The van der Waals surface area contributed by atoms with Crippen LogP contribution in [0.15, 0.2) is 56.2 Å². The van der Waals surface area contributed by atoms with Gasteiger partial charge in [0.15, 0.2) is 5.17 Å². The van der Waals surface area contributed by atoms with Crippen LogP contribution >= 0.6 is 46.7 Å². The molecule has 2 heterocycles. The molecule has 4 rings (SSSR count). The van der Waals surface area contributed by atoms with Crippen LogP contribution in [0, 0.1) is 6.92 Å². The number of fused-ring (bicyclic) bond motifs is 1. The lowest BCUT2D eigenvalue weighted by molar-refractivity contribution is -0.122. The number of anilines is 1. The van der Waals surface area contributed by atoms with Crippen molar-refractivity contribution in [1.29, 1.82) is 0 Å². The molecule has 0 spiro atoms. The maximum Gasteiger partial charge on any atom is 0.269 e. The first kappa shape index (κ1) is 20.7. The fraction of sp³-hybridized carbons (Fsp3) is 0.238. The number of carbonyl (C=O) groups is 1. The summed E-state index contributed by atoms with van der Waals surface area (Å²) in [7, 11) is 0. The molecule has 150 valence electrons. The number of amides is 1. The van der Waals surface area contributed by atoms with E-state index in [2.05, 4.69) is 11.8 Å². The molecule has 1 fully saturated rings.